The minimum absolute atomic E-state index is 0.209. The first-order valence-electron chi connectivity index (χ1n) is 9.07. The van der Waals surface area contributed by atoms with E-state index in [1.165, 1.54) is 18.4 Å². The van der Waals surface area contributed by atoms with Gasteiger partial charge in [-0.15, -0.1) is 0 Å². The topological polar surface area (TPSA) is 70.2 Å². The molecule has 0 saturated carbocycles. The molecule has 1 atom stereocenters. The summed E-state index contributed by atoms with van der Waals surface area (Å²) in [6, 6.07) is 4.18. The zero-order valence-electron chi connectivity index (χ0n) is 14.6. The summed E-state index contributed by atoms with van der Waals surface area (Å²) in [5, 5.41) is 10.8. The smallest absolute Gasteiger partial charge is 0.0964 e. The standard InChI is InChI=1S/C18H26N6O/c1-3-16(9-19-5-1)11-23-6-2-4-18(13-23)14-24(7-8-25-15-18)12-17-10-20-22-21-17/h1,3,5,9-10H,2,4,6-8,11-15H2,(H,20,21,22). The molecule has 0 amide bonds. The van der Waals surface area contributed by atoms with Crippen molar-refractivity contribution in [1.82, 2.24) is 30.2 Å². The molecule has 4 heterocycles. The van der Waals surface area contributed by atoms with Crippen LogP contribution in [0.2, 0.25) is 0 Å². The molecule has 7 heteroatoms. The quantitative estimate of drug-likeness (QED) is 0.904. The van der Waals surface area contributed by atoms with E-state index in [4.69, 9.17) is 4.74 Å². The summed E-state index contributed by atoms with van der Waals surface area (Å²) in [5.41, 5.74) is 2.49. The highest BCUT2D eigenvalue weighted by Gasteiger charge is 2.38. The van der Waals surface area contributed by atoms with Crippen molar-refractivity contribution in [2.24, 2.45) is 5.41 Å². The van der Waals surface area contributed by atoms with E-state index >= 15 is 0 Å². The molecule has 2 aromatic rings. The first kappa shape index (κ1) is 16.6. The predicted octanol–water partition coefficient (Wildman–Crippen LogP) is 1.31. The Morgan fingerprint density at radius 2 is 2.08 bits per heavy atom. The van der Waals surface area contributed by atoms with Crippen LogP contribution in [-0.2, 0) is 17.8 Å². The number of nitrogens with zero attached hydrogens (tertiary/aromatic N) is 5. The summed E-state index contributed by atoms with van der Waals surface area (Å²) in [6.07, 6.45) is 8.07. The van der Waals surface area contributed by atoms with Crippen LogP contribution in [0.3, 0.4) is 0 Å². The van der Waals surface area contributed by atoms with Gasteiger partial charge in [0.25, 0.3) is 0 Å². The molecule has 4 rings (SSSR count). The summed E-state index contributed by atoms with van der Waals surface area (Å²) in [6.45, 7) is 7.70. The molecule has 0 bridgehead atoms. The first-order valence-corrected chi connectivity index (χ1v) is 9.07. The van der Waals surface area contributed by atoms with Crippen molar-refractivity contribution in [2.45, 2.75) is 25.9 Å². The molecule has 25 heavy (non-hydrogen) atoms. The molecule has 1 unspecified atom stereocenters. The molecule has 2 saturated heterocycles. The number of likely N-dealkylation sites (tertiary alicyclic amines) is 1. The SMILES string of the molecule is c1cncc(CN2CCCC3(COCCN(Cc4cn[nH]n4)C3)C2)c1. The van der Waals surface area contributed by atoms with Crippen molar-refractivity contribution in [1.29, 1.82) is 0 Å². The lowest BCUT2D eigenvalue weighted by Gasteiger charge is -2.43. The Bertz CT molecular complexity index is 649. The highest BCUT2D eigenvalue weighted by molar-refractivity contribution is 5.08. The van der Waals surface area contributed by atoms with Gasteiger partial charge in [0, 0.05) is 50.5 Å². The van der Waals surface area contributed by atoms with Crippen LogP contribution in [0.4, 0.5) is 0 Å². The van der Waals surface area contributed by atoms with E-state index in [1.807, 2.05) is 24.7 Å². The van der Waals surface area contributed by atoms with Gasteiger partial charge >= 0.3 is 0 Å². The Morgan fingerprint density at radius 1 is 1.16 bits per heavy atom. The van der Waals surface area contributed by atoms with Crippen LogP contribution in [0.25, 0.3) is 0 Å². The average Bonchev–Trinajstić information content (AvgIpc) is 3.05. The van der Waals surface area contributed by atoms with E-state index in [0.29, 0.717) is 0 Å². The van der Waals surface area contributed by atoms with Crippen molar-refractivity contribution < 1.29 is 4.74 Å². The van der Waals surface area contributed by atoms with E-state index in [-0.39, 0.29) is 5.41 Å². The minimum Gasteiger partial charge on any atom is -0.379 e. The van der Waals surface area contributed by atoms with Crippen molar-refractivity contribution >= 4 is 0 Å². The fraction of sp³-hybridized carbons (Fsp3) is 0.611. The number of hydrogen-bond acceptors (Lipinski definition) is 6. The molecular formula is C18H26N6O. The van der Waals surface area contributed by atoms with E-state index < -0.39 is 0 Å². The number of aromatic nitrogens is 4. The van der Waals surface area contributed by atoms with Gasteiger partial charge in [0.2, 0.25) is 0 Å². The van der Waals surface area contributed by atoms with Gasteiger partial charge in [0.05, 0.1) is 25.1 Å². The molecule has 2 aromatic heterocycles. The lowest BCUT2D eigenvalue weighted by atomic mass is 9.80. The molecular weight excluding hydrogens is 316 g/mol. The zero-order chi connectivity index (χ0) is 17.0. The molecule has 134 valence electrons. The van der Waals surface area contributed by atoms with Gasteiger partial charge in [-0.2, -0.15) is 15.4 Å². The number of nitrogens with one attached hydrogen (secondary N) is 1. The third kappa shape index (κ3) is 4.23. The molecule has 2 fully saturated rings. The molecule has 0 aliphatic carbocycles. The molecule has 1 N–H and O–H groups in total. The molecule has 2 aliphatic rings. The Morgan fingerprint density at radius 3 is 2.88 bits per heavy atom. The van der Waals surface area contributed by atoms with Crippen molar-refractivity contribution in [2.75, 3.05) is 39.4 Å². The van der Waals surface area contributed by atoms with E-state index in [0.717, 1.165) is 58.2 Å². The van der Waals surface area contributed by atoms with Crippen LogP contribution in [-0.4, -0.2) is 69.6 Å². The van der Waals surface area contributed by atoms with Gasteiger partial charge in [-0.05, 0) is 31.0 Å². The first-order chi connectivity index (χ1) is 12.3. The predicted molar refractivity (Wildman–Crippen MR) is 93.7 cm³/mol. The maximum absolute atomic E-state index is 6.01. The lowest BCUT2D eigenvalue weighted by molar-refractivity contribution is 0.00239. The molecule has 7 nitrogen and oxygen atoms in total. The van der Waals surface area contributed by atoms with Gasteiger partial charge in [-0.3, -0.25) is 14.8 Å². The number of rotatable bonds is 4. The molecule has 1 spiro atoms. The molecule has 0 aromatic carbocycles. The van der Waals surface area contributed by atoms with Crippen LogP contribution < -0.4 is 0 Å². The summed E-state index contributed by atoms with van der Waals surface area (Å²) >= 11 is 0. The lowest BCUT2D eigenvalue weighted by Crippen LogP contribution is -2.50. The van der Waals surface area contributed by atoms with Gasteiger partial charge < -0.3 is 4.74 Å². The third-order valence-electron chi connectivity index (χ3n) is 5.24. The largest absolute Gasteiger partial charge is 0.379 e. The van der Waals surface area contributed by atoms with Crippen molar-refractivity contribution in [3.05, 3.63) is 42.0 Å². The summed E-state index contributed by atoms with van der Waals surface area (Å²) in [5.74, 6) is 0. The maximum atomic E-state index is 6.01. The zero-order valence-corrected chi connectivity index (χ0v) is 14.6. The highest BCUT2D eigenvalue weighted by Crippen LogP contribution is 2.34. The van der Waals surface area contributed by atoms with Gasteiger partial charge in [-0.25, -0.2) is 0 Å². The molecule has 0 radical (unpaired) electrons. The number of ether oxygens (including phenoxy) is 1. The average molecular weight is 342 g/mol. The minimum atomic E-state index is 0.209. The number of aromatic amines is 1. The van der Waals surface area contributed by atoms with Gasteiger partial charge in [-0.1, -0.05) is 6.07 Å². The van der Waals surface area contributed by atoms with Crippen molar-refractivity contribution in [3.8, 4) is 0 Å². The van der Waals surface area contributed by atoms with Crippen LogP contribution >= 0.6 is 0 Å². The maximum Gasteiger partial charge on any atom is 0.0964 e. The number of H-pyrrole nitrogens is 1. The van der Waals surface area contributed by atoms with Crippen LogP contribution in [0.15, 0.2) is 30.7 Å². The van der Waals surface area contributed by atoms with E-state index in [1.54, 1.807) is 0 Å². The Kier molecular flexibility index (Phi) is 5.05. The third-order valence-corrected chi connectivity index (χ3v) is 5.24. The van der Waals surface area contributed by atoms with Crippen LogP contribution in [0.5, 0.6) is 0 Å². The van der Waals surface area contributed by atoms with Crippen LogP contribution in [0, 0.1) is 5.41 Å². The second kappa shape index (κ2) is 7.59. The van der Waals surface area contributed by atoms with Crippen molar-refractivity contribution in [3.63, 3.8) is 0 Å². The number of pyridine rings is 1. The monoisotopic (exact) mass is 342 g/mol. The van der Waals surface area contributed by atoms with Gasteiger partial charge in [0.15, 0.2) is 0 Å². The summed E-state index contributed by atoms with van der Waals surface area (Å²) in [7, 11) is 0. The fourth-order valence-corrected chi connectivity index (χ4v) is 4.19. The van der Waals surface area contributed by atoms with Gasteiger partial charge in [0.1, 0.15) is 0 Å². The Balaban J connectivity index is 1.43. The summed E-state index contributed by atoms with van der Waals surface area (Å²) in [4.78, 5) is 9.28. The van der Waals surface area contributed by atoms with Crippen LogP contribution in [0.1, 0.15) is 24.1 Å². The van der Waals surface area contributed by atoms with E-state index in [9.17, 15) is 0 Å². The Labute approximate surface area is 148 Å². The Hall–Kier alpha value is -1.83. The normalized spacial score (nSPS) is 25.9. The molecule has 2 aliphatic heterocycles. The number of piperidine rings is 1. The summed E-state index contributed by atoms with van der Waals surface area (Å²) < 4.78 is 6.01. The second-order valence-corrected chi connectivity index (χ2v) is 7.40. The second-order valence-electron chi connectivity index (χ2n) is 7.40. The fourth-order valence-electron chi connectivity index (χ4n) is 4.19. The van der Waals surface area contributed by atoms with E-state index in [2.05, 4.69) is 36.3 Å². The highest BCUT2D eigenvalue weighted by atomic mass is 16.5. The number of hydrogen-bond donors (Lipinski definition) is 1.